The molecule has 0 aliphatic heterocycles. The summed E-state index contributed by atoms with van der Waals surface area (Å²) in [5.74, 6) is 0. The zero-order valence-electron chi connectivity index (χ0n) is 9.48. The van der Waals surface area contributed by atoms with Crippen molar-refractivity contribution in [3.05, 3.63) is 35.5 Å². The third-order valence-electron chi connectivity index (χ3n) is 2.29. The molecule has 0 heterocycles. The van der Waals surface area contributed by atoms with Crippen LogP contribution < -0.4 is 0 Å². The molecule has 0 aromatic carbocycles. The van der Waals surface area contributed by atoms with E-state index in [0.717, 1.165) is 0 Å². The van der Waals surface area contributed by atoms with Crippen molar-refractivity contribution in [2.45, 2.75) is 47.0 Å². The van der Waals surface area contributed by atoms with E-state index in [2.05, 4.69) is 46.4 Å². The molecule has 0 N–H and O–H groups in total. The molecule has 74 valence electrons. The number of rotatable bonds is 5. The summed E-state index contributed by atoms with van der Waals surface area (Å²) in [6.07, 6.45) is 8.02. The molecule has 0 unspecified atom stereocenters. The van der Waals surface area contributed by atoms with Crippen LogP contribution in [0.5, 0.6) is 0 Å². The second-order valence-corrected chi connectivity index (χ2v) is 3.53. The quantitative estimate of drug-likeness (QED) is 0.538. The van der Waals surface area contributed by atoms with E-state index in [1.165, 1.54) is 36.0 Å². The molecule has 0 aromatic heterocycles. The maximum atomic E-state index is 3.97. The average Bonchev–Trinajstić information content (AvgIpc) is 2.11. The van der Waals surface area contributed by atoms with Crippen molar-refractivity contribution in [1.29, 1.82) is 0 Å². The number of unbranched alkanes of at least 4 members (excludes halogenated alkanes) is 1. The molecule has 0 rings (SSSR count). The van der Waals surface area contributed by atoms with Gasteiger partial charge in [-0.3, -0.25) is 0 Å². The Morgan fingerprint density at radius 2 is 1.92 bits per heavy atom. The fraction of sp³-hybridized carbons (Fsp3) is 0.538. The zero-order valence-corrected chi connectivity index (χ0v) is 9.48. The lowest BCUT2D eigenvalue weighted by Gasteiger charge is -2.07. The van der Waals surface area contributed by atoms with Gasteiger partial charge in [0.1, 0.15) is 0 Å². The van der Waals surface area contributed by atoms with Crippen LogP contribution in [0.4, 0.5) is 0 Å². The summed E-state index contributed by atoms with van der Waals surface area (Å²) in [6.45, 7) is 12.5. The van der Waals surface area contributed by atoms with Crippen molar-refractivity contribution >= 4 is 0 Å². The van der Waals surface area contributed by atoms with Gasteiger partial charge in [0.15, 0.2) is 0 Å². The van der Waals surface area contributed by atoms with E-state index < -0.39 is 0 Å². The Morgan fingerprint density at radius 1 is 1.31 bits per heavy atom. The Bertz CT molecular complexity index is 216. The van der Waals surface area contributed by atoms with Crippen molar-refractivity contribution in [3.63, 3.8) is 0 Å². The fourth-order valence-electron chi connectivity index (χ4n) is 1.24. The maximum absolute atomic E-state index is 3.97. The van der Waals surface area contributed by atoms with Crippen molar-refractivity contribution in [1.82, 2.24) is 0 Å². The van der Waals surface area contributed by atoms with E-state index in [1.54, 1.807) is 0 Å². The third kappa shape index (κ3) is 4.72. The van der Waals surface area contributed by atoms with Crippen LogP contribution in [0.15, 0.2) is 35.5 Å². The van der Waals surface area contributed by atoms with E-state index >= 15 is 0 Å². The van der Waals surface area contributed by atoms with Crippen molar-refractivity contribution < 1.29 is 0 Å². The summed E-state index contributed by atoms with van der Waals surface area (Å²) >= 11 is 0. The summed E-state index contributed by atoms with van der Waals surface area (Å²) in [6, 6.07) is 0. The highest BCUT2D eigenvalue weighted by atomic mass is 14.0. The van der Waals surface area contributed by atoms with Crippen LogP contribution in [0.25, 0.3) is 0 Å². The largest absolute Gasteiger partial charge is 0.0958 e. The molecular formula is C13H22. The zero-order chi connectivity index (χ0) is 10.3. The minimum Gasteiger partial charge on any atom is -0.0958 e. The predicted molar refractivity (Wildman–Crippen MR) is 61.9 cm³/mol. The lowest BCUT2D eigenvalue weighted by molar-refractivity contribution is 0.793. The van der Waals surface area contributed by atoms with Gasteiger partial charge in [0.05, 0.1) is 0 Å². The van der Waals surface area contributed by atoms with Gasteiger partial charge in [0, 0.05) is 0 Å². The highest BCUT2D eigenvalue weighted by molar-refractivity contribution is 5.35. The Morgan fingerprint density at radius 3 is 2.31 bits per heavy atom. The van der Waals surface area contributed by atoms with Crippen molar-refractivity contribution in [3.8, 4) is 0 Å². The molecule has 0 heteroatoms. The van der Waals surface area contributed by atoms with Crippen molar-refractivity contribution in [2.75, 3.05) is 0 Å². The first-order valence-corrected chi connectivity index (χ1v) is 5.11. The van der Waals surface area contributed by atoms with Gasteiger partial charge in [0.2, 0.25) is 0 Å². The van der Waals surface area contributed by atoms with Crippen LogP contribution >= 0.6 is 0 Å². The van der Waals surface area contributed by atoms with Crippen LogP contribution in [0.1, 0.15) is 47.0 Å². The van der Waals surface area contributed by atoms with Crippen LogP contribution in [0, 0.1) is 0 Å². The lowest BCUT2D eigenvalue weighted by atomic mass is 9.99. The Hall–Kier alpha value is -0.780. The minimum absolute atomic E-state index is 1.18. The molecule has 13 heavy (non-hydrogen) atoms. The highest BCUT2D eigenvalue weighted by Gasteiger charge is 1.98. The first kappa shape index (κ1) is 12.2. The van der Waals surface area contributed by atoms with Crippen LogP contribution in [-0.4, -0.2) is 0 Å². The van der Waals surface area contributed by atoms with Gasteiger partial charge in [0.25, 0.3) is 0 Å². The highest BCUT2D eigenvalue weighted by Crippen LogP contribution is 2.18. The Labute approximate surface area is 83.0 Å². The monoisotopic (exact) mass is 178 g/mol. The summed E-state index contributed by atoms with van der Waals surface area (Å²) < 4.78 is 0. The molecule has 0 saturated carbocycles. The van der Waals surface area contributed by atoms with Gasteiger partial charge in [-0.1, -0.05) is 37.6 Å². The summed E-state index contributed by atoms with van der Waals surface area (Å²) in [5, 5.41) is 0. The van der Waals surface area contributed by atoms with E-state index in [9.17, 15) is 0 Å². The van der Waals surface area contributed by atoms with Crippen LogP contribution in [0.2, 0.25) is 0 Å². The molecule has 0 aromatic rings. The molecule has 0 spiro atoms. The molecule has 0 amide bonds. The fourth-order valence-corrected chi connectivity index (χ4v) is 1.24. The van der Waals surface area contributed by atoms with E-state index in [0.29, 0.717) is 0 Å². The number of allylic oxidation sites excluding steroid dienone is 5. The van der Waals surface area contributed by atoms with Crippen LogP contribution in [0.3, 0.4) is 0 Å². The first-order valence-electron chi connectivity index (χ1n) is 5.11. The van der Waals surface area contributed by atoms with Gasteiger partial charge >= 0.3 is 0 Å². The van der Waals surface area contributed by atoms with E-state index in [-0.39, 0.29) is 0 Å². The number of hydrogen-bond acceptors (Lipinski definition) is 0. The normalized spacial score (nSPS) is 13.2. The molecule has 0 nitrogen and oxygen atoms in total. The smallest absolute Gasteiger partial charge is 0.0276 e. The summed E-state index contributed by atoms with van der Waals surface area (Å²) in [5.41, 5.74) is 3.98. The lowest BCUT2D eigenvalue weighted by Crippen LogP contribution is -1.87. The molecule has 0 radical (unpaired) electrons. The van der Waals surface area contributed by atoms with Gasteiger partial charge in [-0.25, -0.2) is 0 Å². The molecular weight excluding hydrogens is 156 g/mol. The Balaban J connectivity index is 4.56. The van der Waals surface area contributed by atoms with Gasteiger partial charge in [-0.15, -0.1) is 0 Å². The molecule has 0 fully saturated rings. The second-order valence-electron chi connectivity index (χ2n) is 3.53. The van der Waals surface area contributed by atoms with E-state index in [4.69, 9.17) is 0 Å². The minimum atomic E-state index is 1.18. The molecule has 0 aliphatic rings. The van der Waals surface area contributed by atoms with Crippen molar-refractivity contribution in [2.24, 2.45) is 0 Å². The van der Waals surface area contributed by atoms with Gasteiger partial charge < -0.3 is 0 Å². The molecule has 0 aliphatic carbocycles. The van der Waals surface area contributed by atoms with Crippen LogP contribution in [-0.2, 0) is 0 Å². The van der Waals surface area contributed by atoms with Gasteiger partial charge in [-0.05, 0) is 44.8 Å². The molecule has 0 saturated heterocycles. The predicted octanol–water partition coefficient (Wildman–Crippen LogP) is 4.65. The second kappa shape index (κ2) is 6.71. The first-order chi connectivity index (χ1) is 6.13. The van der Waals surface area contributed by atoms with E-state index in [1.807, 2.05) is 0 Å². The SMILES string of the molecule is C=C(C)/C(C)=C(\C=C/C)CCCC. The number of hydrogen-bond donors (Lipinski definition) is 0. The third-order valence-corrected chi connectivity index (χ3v) is 2.29. The summed E-state index contributed by atoms with van der Waals surface area (Å²) in [7, 11) is 0. The average molecular weight is 178 g/mol. The standard InChI is InChI=1S/C13H22/c1-6-8-10-13(9-7-2)12(5)11(3)4/h7,9H,3,6,8,10H2,1-2,4-5H3/b9-7-,13-12+. The van der Waals surface area contributed by atoms with Gasteiger partial charge in [-0.2, -0.15) is 0 Å². The summed E-state index contributed by atoms with van der Waals surface area (Å²) in [4.78, 5) is 0. The maximum Gasteiger partial charge on any atom is -0.0276 e. The molecule has 0 atom stereocenters. The Kier molecular flexibility index (Phi) is 6.30. The molecule has 0 bridgehead atoms. The topological polar surface area (TPSA) is 0 Å².